The van der Waals surface area contributed by atoms with Crippen molar-refractivity contribution in [3.8, 4) is 0 Å². The molecule has 0 bridgehead atoms. The molecule has 2 aliphatic rings. The third-order valence-corrected chi connectivity index (χ3v) is 4.27. The zero-order chi connectivity index (χ0) is 14.8. The van der Waals surface area contributed by atoms with Gasteiger partial charge in [-0.25, -0.2) is 0 Å². The van der Waals surface area contributed by atoms with Crippen LogP contribution in [0, 0.1) is 0 Å². The number of rotatable bonds is 0. The second-order valence-corrected chi connectivity index (χ2v) is 5.39. The van der Waals surface area contributed by atoms with Gasteiger partial charge in [-0.3, -0.25) is 9.69 Å². The van der Waals surface area contributed by atoms with Crippen LogP contribution < -0.4 is 10.2 Å². The average Bonchev–Trinajstić information content (AvgIpc) is 2.78. The van der Waals surface area contributed by atoms with Gasteiger partial charge in [0.25, 0.3) is 0 Å². The molecule has 0 aliphatic carbocycles. The van der Waals surface area contributed by atoms with Gasteiger partial charge < -0.3 is 5.32 Å². The molecule has 0 aromatic heterocycles. The summed E-state index contributed by atoms with van der Waals surface area (Å²) < 4.78 is 41.0. The molecule has 4 rings (SSSR count). The van der Waals surface area contributed by atoms with Crippen LogP contribution in [0.25, 0.3) is 10.8 Å². The molecule has 21 heavy (non-hydrogen) atoms. The molecule has 6 heteroatoms. The molecule has 1 atom stereocenters. The van der Waals surface area contributed by atoms with Crippen molar-refractivity contribution in [3.63, 3.8) is 0 Å². The Kier molecular flexibility index (Phi) is 2.20. The first kappa shape index (κ1) is 12.5. The first-order chi connectivity index (χ1) is 9.94. The quantitative estimate of drug-likeness (QED) is 0.804. The van der Waals surface area contributed by atoms with Gasteiger partial charge in [0.2, 0.25) is 11.6 Å². The van der Waals surface area contributed by atoms with Crippen molar-refractivity contribution < 1.29 is 18.0 Å². The molecule has 1 N–H and O–H groups in total. The smallest absolute Gasteiger partial charge is 0.354 e. The number of anilines is 2. The number of carbonyl (C=O) groups excluding carboxylic acids is 1. The number of fused-ring (bicyclic) bond motifs is 2. The number of nitrogens with one attached hydrogen (secondary N) is 1. The molecule has 1 saturated heterocycles. The number of nitrogens with zero attached hydrogens (tertiary/aromatic N) is 1. The topological polar surface area (TPSA) is 32.3 Å². The first-order valence-electron chi connectivity index (χ1n) is 6.64. The lowest BCUT2D eigenvalue weighted by atomic mass is 9.97. The Bertz CT molecular complexity index is 766. The van der Waals surface area contributed by atoms with Gasteiger partial charge in [0.05, 0.1) is 5.69 Å². The third-order valence-electron chi connectivity index (χ3n) is 4.27. The van der Waals surface area contributed by atoms with Crippen LogP contribution in [0.3, 0.4) is 0 Å². The monoisotopic (exact) mass is 292 g/mol. The molecular weight excluding hydrogens is 281 g/mol. The van der Waals surface area contributed by atoms with E-state index in [1.54, 1.807) is 24.3 Å². The van der Waals surface area contributed by atoms with Crippen molar-refractivity contribution in [2.75, 3.05) is 10.2 Å². The van der Waals surface area contributed by atoms with E-state index in [0.29, 0.717) is 16.8 Å². The molecular formula is C15H11F3N2O. The summed E-state index contributed by atoms with van der Waals surface area (Å²) in [6, 6.07) is 10.2. The van der Waals surface area contributed by atoms with Crippen LogP contribution in [0.5, 0.6) is 0 Å². The van der Waals surface area contributed by atoms with E-state index in [-0.39, 0.29) is 12.8 Å². The predicted molar refractivity (Wildman–Crippen MR) is 73.1 cm³/mol. The van der Waals surface area contributed by atoms with Gasteiger partial charge >= 0.3 is 6.18 Å². The van der Waals surface area contributed by atoms with Crippen LogP contribution in [0.4, 0.5) is 24.5 Å². The van der Waals surface area contributed by atoms with Crippen molar-refractivity contribution in [1.82, 2.24) is 0 Å². The molecule has 0 spiro atoms. The molecule has 2 aliphatic heterocycles. The van der Waals surface area contributed by atoms with Gasteiger partial charge in [-0.05, 0) is 17.5 Å². The van der Waals surface area contributed by atoms with Crippen LogP contribution in [-0.4, -0.2) is 17.7 Å². The molecule has 2 heterocycles. The Balaban J connectivity index is 2.07. The molecule has 2 aromatic rings. The van der Waals surface area contributed by atoms with Gasteiger partial charge in [-0.1, -0.05) is 24.3 Å². The Morgan fingerprint density at radius 2 is 1.86 bits per heavy atom. The standard InChI is InChI=1S/C15H11F3N2O/c16-15(17,18)14-8-7-12(21)20(14)11-6-2-4-9-3-1-5-10(19-14)13(9)11/h1-6,19H,7-8H2/t14-/m1/s1. The van der Waals surface area contributed by atoms with E-state index < -0.39 is 17.7 Å². The predicted octanol–water partition coefficient (Wildman–Crippen LogP) is 3.65. The van der Waals surface area contributed by atoms with Crippen LogP contribution >= 0.6 is 0 Å². The third kappa shape index (κ3) is 1.42. The molecule has 2 aromatic carbocycles. The van der Waals surface area contributed by atoms with Crippen LogP contribution in [0.1, 0.15) is 12.8 Å². The highest BCUT2D eigenvalue weighted by Crippen LogP contribution is 2.52. The number of halogens is 3. The lowest BCUT2D eigenvalue weighted by Crippen LogP contribution is -2.63. The Labute approximate surface area is 118 Å². The van der Waals surface area contributed by atoms with Crippen molar-refractivity contribution in [3.05, 3.63) is 36.4 Å². The van der Waals surface area contributed by atoms with Crippen molar-refractivity contribution in [2.24, 2.45) is 0 Å². The van der Waals surface area contributed by atoms with E-state index in [1.165, 1.54) is 0 Å². The molecule has 1 fully saturated rings. The normalized spacial score (nSPS) is 24.1. The first-order valence-corrected chi connectivity index (χ1v) is 6.64. The highest BCUT2D eigenvalue weighted by Gasteiger charge is 2.65. The fraction of sp³-hybridized carbons (Fsp3) is 0.267. The number of alkyl halides is 3. The van der Waals surface area contributed by atoms with E-state index in [2.05, 4.69) is 5.32 Å². The molecule has 0 saturated carbocycles. The highest BCUT2D eigenvalue weighted by atomic mass is 19.4. The Hall–Kier alpha value is -2.24. The van der Waals surface area contributed by atoms with E-state index in [1.807, 2.05) is 12.1 Å². The lowest BCUT2D eigenvalue weighted by Gasteiger charge is -2.44. The van der Waals surface area contributed by atoms with Gasteiger partial charge in [-0.15, -0.1) is 0 Å². The Morgan fingerprint density at radius 1 is 1.14 bits per heavy atom. The minimum Gasteiger partial charge on any atom is -0.354 e. The summed E-state index contributed by atoms with van der Waals surface area (Å²) in [4.78, 5) is 13.0. The molecule has 0 unspecified atom stereocenters. The SMILES string of the molecule is O=C1CC[C@@]2(C(F)(F)F)Nc3cccc4cccc(c34)N12. The van der Waals surface area contributed by atoms with Crippen molar-refractivity contribution >= 4 is 28.1 Å². The fourth-order valence-corrected chi connectivity index (χ4v) is 3.36. The average molecular weight is 292 g/mol. The fourth-order valence-electron chi connectivity index (χ4n) is 3.36. The maximum absolute atomic E-state index is 13.7. The van der Waals surface area contributed by atoms with E-state index >= 15 is 0 Å². The van der Waals surface area contributed by atoms with Crippen molar-refractivity contribution in [1.29, 1.82) is 0 Å². The summed E-state index contributed by atoms with van der Waals surface area (Å²) in [5, 5.41) is 4.06. The molecule has 0 radical (unpaired) electrons. The maximum Gasteiger partial charge on any atom is 0.430 e. The van der Waals surface area contributed by atoms with Crippen LogP contribution in [0.15, 0.2) is 36.4 Å². The van der Waals surface area contributed by atoms with Gasteiger partial charge in [0.15, 0.2) is 0 Å². The number of carbonyl (C=O) groups is 1. The summed E-state index contributed by atoms with van der Waals surface area (Å²) >= 11 is 0. The lowest BCUT2D eigenvalue weighted by molar-refractivity contribution is -0.176. The molecule has 1 amide bonds. The van der Waals surface area contributed by atoms with Gasteiger partial charge in [0, 0.05) is 23.9 Å². The van der Waals surface area contributed by atoms with Gasteiger partial charge in [0.1, 0.15) is 0 Å². The minimum atomic E-state index is -4.55. The molecule has 3 nitrogen and oxygen atoms in total. The summed E-state index contributed by atoms with van der Waals surface area (Å²) in [7, 11) is 0. The molecule has 108 valence electrons. The summed E-state index contributed by atoms with van der Waals surface area (Å²) in [6.07, 6.45) is -4.94. The minimum absolute atomic E-state index is 0.114. The van der Waals surface area contributed by atoms with Crippen molar-refractivity contribution in [2.45, 2.75) is 24.7 Å². The Morgan fingerprint density at radius 3 is 2.57 bits per heavy atom. The van der Waals surface area contributed by atoms with E-state index in [4.69, 9.17) is 0 Å². The van der Waals surface area contributed by atoms with Crippen LogP contribution in [0.2, 0.25) is 0 Å². The number of benzene rings is 2. The zero-order valence-corrected chi connectivity index (χ0v) is 10.9. The summed E-state index contributed by atoms with van der Waals surface area (Å²) in [5.74, 6) is -0.498. The second kappa shape index (κ2) is 3.69. The van der Waals surface area contributed by atoms with Gasteiger partial charge in [-0.2, -0.15) is 13.2 Å². The van der Waals surface area contributed by atoms with E-state index in [9.17, 15) is 18.0 Å². The highest BCUT2D eigenvalue weighted by molar-refractivity contribution is 6.13. The number of hydrogen-bond donors (Lipinski definition) is 1. The summed E-state index contributed by atoms with van der Waals surface area (Å²) in [6.45, 7) is 0. The number of amides is 1. The second-order valence-electron chi connectivity index (χ2n) is 5.39. The van der Waals surface area contributed by atoms with E-state index in [0.717, 1.165) is 10.3 Å². The summed E-state index contributed by atoms with van der Waals surface area (Å²) in [5.41, 5.74) is -1.57. The number of hydrogen-bond acceptors (Lipinski definition) is 2. The van der Waals surface area contributed by atoms with Crippen LogP contribution in [-0.2, 0) is 4.79 Å². The largest absolute Gasteiger partial charge is 0.430 e. The maximum atomic E-state index is 13.7. The zero-order valence-electron chi connectivity index (χ0n) is 10.9.